The van der Waals surface area contributed by atoms with E-state index < -0.39 is 22.5 Å². The van der Waals surface area contributed by atoms with Gasteiger partial charge in [-0.05, 0) is 26.8 Å². The maximum Gasteiger partial charge on any atom is 0.321 e. The smallest absolute Gasteiger partial charge is 0.321 e. The molecule has 0 unspecified atom stereocenters. The number of benzene rings is 1. The van der Waals surface area contributed by atoms with Crippen molar-refractivity contribution in [3.63, 3.8) is 0 Å². The Kier molecular flexibility index (Phi) is 4.25. The second-order valence-electron chi connectivity index (χ2n) is 5.93. The molecule has 0 amide bonds. The van der Waals surface area contributed by atoms with E-state index in [4.69, 9.17) is 0 Å². The molecule has 1 aromatic rings. The van der Waals surface area contributed by atoms with Gasteiger partial charge in [0.15, 0.2) is 0 Å². The molecule has 6 nitrogen and oxygen atoms in total. The van der Waals surface area contributed by atoms with Crippen LogP contribution in [0.2, 0.25) is 0 Å². The van der Waals surface area contributed by atoms with E-state index in [0.29, 0.717) is 11.3 Å². The zero-order chi connectivity index (χ0) is 15.8. The van der Waals surface area contributed by atoms with Crippen LogP contribution in [-0.2, 0) is 4.79 Å². The Morgan fingerprint density at radius 3 is 2.57 bits per heavy atom. The lowest BCUT2D eigenvalue weighted by Crippen LogP contribution is -2.49. The minimum Gasteiger partial charge on any atom is -0.480 e. The summed E-state index contributed by atoms with van der Waals surface area (Å²) in [6.07, 6.45) is 0. The molecular formula is C14H18N2O4S. The van der Waals surface area contributed by atoms with E-state index in [2.05, 4.69) is 0 Å². The highest BCUT2D eigenvalue weighted by atomic mass is 32.2. The molecule has 21 heavy (non-hydrogen) atoms. The molecule has 0 saturated carbocycles. The molecule has 1 fully saturated rings. The Morgan fingerprint density at radius 1 is 1.43 bits per heavy atom. The lowest BCUT2D eigenvalue weighted by atomic mass is 10.0. The minimum absolute atomic E-state index is 0.0373. The van der Waals surface area contributed by atoms with Gasteiger partial charge in [0.25, 0.3) is 5.69 Å². The number of nitro benzene ring substituents is 1. The highest BCUT2D eigenvalue weighted by Crippen LogP contribution is 2.47. The van der Waals surface area contributed by atoms with Crippen molar-refractivity contribution in [3.05, 3.63) is 39.9 Å². The van der Waals surface area contributed by atoms with Crippen molar-refractivity contribution in [2.45, 2.75) is 37.7 Å². The van der Waals surface area contributed by atoms with Gasteiger partial charge in [-0.3, -0.25) is 19.8 Å². The molecule has 1 heterocycles. The first-order valence-corrected chi connectivity index (χ1v) is 7.64. The van der Waals surface area contributed by atoms with E-state index in [9.17, 15) is 20.0 Å². The average Bonchev–Trinajstić information content (AvgIpc) is 2.83. The molecule has 2 atom stereocenters. The summed E-state index contributed by atoms with van der Waals surface area (Å²) >= 11 is 1.44. The first-order valence-electron chi connectivity index (χ1n) is 6.59. The molecule has 114 valence electrons. The van der Waals surface area contributed by atoms with Crippen LogP contribution in [0.3, 0.4) is 0 Å². The fraction of sp³-hybridized carbons (Fsp3) is 0.500. The molecule has 1 saturated heterocycles. The lowest BCUT2D eigenvalue weighted by molar-refractivity contribution is -0.385. The number of rotatable bonds is 3. The van der Waals surface area contributed by atoms with E-state index in [1.165, 1.54) is 17.8 Å². The van der Waals surface area contributed by atoms with Crippen LogP contribution in [-0.4, -0.2) is 38.2 Å². The summed E-state index contributed by atoms with van der Waals surface area (Å²) in [6.45, 7) is 5.78. The van der Waals surface area contributed by atoms with Gasteiger partial charge in [-0.2, -0.15) is 0 Å². The van der Waals surface area contributed by atoms with Gasteiger partial charge in [0.1, 0.15) is 6.04 Å². The molecular weight excluding hydrogens is 292 g/mol. The van der Waals surface area contributed by atoms with Crippen LogP contribution in [0.25, 0.3) is 0 Å². The van der Waals surface area contributed by atoms with Crippen molar-refractivity contribution in [3.8, 4) is 0 Å². The van der Waals surface area contributed by atoms with E-state index in [0.717, 1.165) is 0 Å². The zero-order valence-corrected chi connectivity index (χ0v) is 13.0. The molecule has 2 rings (SSSR count). The highest BCUT2D eigenvalue weighted by Gasteiger charge is 2.46. The number of nitrogens with zero attached hydrogens (tertiary/aromatic N) is 2. The molecule has 0 spiro atoms. The average molecular weight is 310 g/mol. The normalized spacial score (nSPS) is 23.2. The zero-order valence-electron chi connectivity index (χ0n) is 12.1. The maximum atomic E-state index is 11.5. The second kappa shape index (κ2) is 5.65. The Morgan fingerprint density at radius 2 is 2.05 bits per heavy atom. The number of carboxylic acid groups (broad SMARTS) is 1. The summed E-state index contributed by atoms with van der Waals surface area (Å²) < 4.78 is 0. The molecule has 0 aliphatic carbocycles. The number of nitro groups is 1. The van der Waals surface area contributed by atoms with E-state index in [1.54, 1.807) is 18.2 Å². The third-order valence-electron chi connectivity index (χ3n) is 3.46. The van der Waals surface area contributed by atoms with Crippen LogP contribution in [0.1, 0.15) is 31.7 Å². The summed E-state index contributed by atoms with van der Waals surface area (Å²) in [5.41, 5.74) is 0.197. The van der Waals surface area contributed by atoms with Crippen LogP contribution in [0.15, 0.2) is 24.3 Å². The van der Waals surface area contributed by atoms with Crippen LogP contribution >= 0.6 is 11.8 Å². The van der Waals surface area contributed by atoms with Gasteiger partial charge in [-0.15, -0.1) is 11.8 Å². The van der Waals surface area contributed by atoms with Crippen molar-refractivity contribution >= 4 is 23.4 Å². The summed E-state index contributed by atoms with van der Waals surface area (Å²) in [5.74, 6) is -0.470. The van der Waals surface area contributed by atoms with Crippen LogP contribution in [0.4, 0.5) is 5.69 Å². The molecule has 0 radical (unpaired) electrons. The number of carboxylic acids is 1. The molecule has 1 N–H and O–H groups in total. The topological polar surface area (TPSA) is 83.7 Å². The van der Waals surface area contributed by atoms with Gasteiger partial charge < -0.3 is 5.11 Å². The van der Waals surface area contributed by atoms with Gasteiger partial charge in [0, 0.05) is 17.4 Å². The summed E-state index contributed by atoms with van der Waals surface area (Å²) in [4.78, 5) is 24.1. The van der Waals surface area contributed by atoms with Gasteiger partial charge in [0.2, 0.25) is 0 Å². The quantitative estimate of drug-likeness (QED) is 0.682. The van der Waals surface area contributed by atoms with E-state index >= 15 is 0 Å². The predicted molar refractivity (Wildman–Crippen MR) is 81.3 cm³/mol. The maximum absolute atomic E-state index is 11.5. The first-order chi connectivity index (χ1) is 9.73. The lowest BCUT2D eigenvalue weighted by Gasteiger charge is -2.38. The third-order valence-corrected chi connectivity index (χ3v) is 4.76. The molecule has 0 aromatic heterocycles. The first kappa shape index (κ1) is 15.8. The van der Waals surface area contributed by atoms with E-state index in [1.807, 2.05) is 25.7 Å². The monoisotopic (exact) mass is 310 g/mol. The highest BCUT2D eigenvalue weighted by molar-refractivity contribution is 7.99. The predicted octanol–water partition coefficient (Wildman–Crippen LogP) is 2.89. The molecule has 7 heteroatoms. The summed E-state index contributed by atoms with van der Waals surface area (Å²) in [6, 6.07) is 5.90. The third kappa shape index (κ3) is 3.03. The Balaban J connectivity index is 2.48. The molecule has 1 aliphatic heterocycles. The number of aliphatic carboxylic acids is 1. The van der Waals surface area contributed by atoms with Crippen molar-refractivity contribution in [1.29, 1.82) is 0 Å². The largest absolute Gasteiger partial charge is 0.480 e. The van der Waals surface area contributed by atoms with Gasteiger partial charge in [-0.25, -0.2) is 0 Å². The van der Waals surface area contributed by atoms with Crippen LogP contribution in [0.5, 0.6) is 0 Å². The number of hydrogen-bond donors (Lipinski definition) is 1. The van der Waals surface area contributed by atoms with Crippen molar-refractivity contribution < 1.29 is 14.8 Å². The molecule has 1 aromatic carbocycles. The van der Waals surface area contributed by atoms with Gasteiger partial charge in [0.05, 0.1) is 15.9 Å². The fourth-order valence-corrected chi connectivity index (χ4v) is 4.29. The summed E-state index contributed by atoms with van der Waals surface area (Å²) in [7, 11) is 0. The number of hydrogen-bond acceptors (Lipinski definition) is 5. The van der Waals surface area contributed by atoms with Gasteiger partial charge in [-0.1, -0.05) is 12.1 Å². The molecule has 1 aliphatic rings. The van der Waals surface area contributed by atoms with Gasteiger partial charge >= 0.3 is 5.97 Å². The van der Waals surface area contributed by atoms with Crippen molar-refractivity contribution in [2.24, 2.45) is 0 Å². The second-order valence-corrected chi connectivity index (χ2v) is 7.05. The van der Waals surface area contributed by atoms with E-state index in [-0.39, 0.29) is 11.1 Å². The van der Waals surface area contributed by atoms with Crippen LogP contribution in [0, 0.1) is 10.1 Å². The molecule has 0 bridgehead atoms. The Labute approximate surface area is 127 Å². The number of para-hydroxylation sites is 1. The Bertz CT molecular complexity index is 570. The Hall–Kier alpha value is -1.60. The minimum atomic E-state index is -0.890. The fourth-order valence-electron chi connectivity index (χ4n) is 2.62. The summed E-state index contributed by atoms with van der Waals surface area (Å²) in [5, 5.41) is 20.3. The standard InChI is InChI=1S/C14H18N2O4S/c1-14(2,3)15-11(13(17)18)8-21-12(15)9-6-4-5-7-10(9)16(19)20/h4-7,11-12H,8H2,1-3H3,(H,17,18)/t11-,12+/m0/s1. The number of carbonyl (C=O) groups is 1. The van der Waals surface area contributed by atoms with Crippen molar-refractivity contribution in [1.82, 2.24) is 4.90 Å². The number of thioether (sulfide) groups is 1. The van der Waals surface area contributed by atoms with Crippen LogP contribution < -0.4 is 0 Å². The SMILES string of the molecule is CC(C)(C)N1[C@@H](c2ccccc2[N+](=O)[O-])SC[C@H]1C(=O)O. The van der Waals surface area contributed by atoms with Crippen molar-refractivity contribution in [2.75, 3.05) is 5.75 Å².